The van der Waals surface area contributed by atoms with Crippen LogP contribution in [0.15, 0.2) is 12.1 Å². The molecule has 0 bridgehead atoms. The van der Waals surface area contributed by atoms with Gasteiger partial charge < -0.3 is 5.11 Å². The monoisotopic (exact) mass is 241 g/mol. The SMILES string of the molecule is O=C(O)c1ccc(C(F)(F)F)nc1C(F)F. The van der Waals surface area contributed by atoms with E-state index in [0.717, 1.165) is 0 Å². The molecule has 0 aliphatic heterocycles. The van der Waals surface area contributed by atoms with Crippen LogP contribution in [0, 0.1) is 0 Å². The summed E-state index contributed by atoms with van der Waals surface area (Å²) in [5.74, 6) is -1.75. The molecule has 0 atom stereocenters. The third-order valence-electron chi connectivity index (χ3n) is 1.65. The largest absolute Gasteiger partial charge is 0.478 e. The fourth-order valence-corrected chi connectivity index (χ4v) is 0.980. The Labute approximate surface area is 85.5 Å². The average molecular weight is 241 g/mol. The lowest BCUT2D eigenvalue weighted by atomic mass is 10.1. The van der Waals surface area contributed by atoms with Crippen molar-refractivity contribution in [3.8, 4) is 0 Å². The Bertz CT molecular complexity index is 415. The van der Waals surface area contributed by atoms with Gasteiger partial charge in [0.1, 0.15) is 11.4 Å². The quantitative estimate of drug-likeness (QED) is 0.810. The minimum absolute atomic E-state index is 0.343. The van der Waals surface area contributed by atoms with Crippen molar-refractivity contribution in [2.24, 2.45) is 0 Å². The van der Waals surface area contributed by atoms with Crippen LogP contribution < -0.4 is 0 Å². The highest BCUT2D eigenvalue weighted by atomic mass is 19.4. The van der Waals surface area contributed by atoms with Crippen LogP contribution >= 0.6 is 0 Å². The molecule has 0 unspecified atom stereocenters. The summed E-state index contributed by atoms with van der Waals surface area (Å²) in [6.07, 6.45) is -8.27. The summed E-state index contributed by atoms with van der Waals surface area (Å²) >= 11 is 0. The summed E-state index contributed by atoms with van der Waals surface area (Å²) in [7, 11) is 0. The number of aromatic carboxylic acids is 1. The van der Waals surface area contributed by atoms with Crippen molar-refractivity contribution in [2.75, 3.05) is 0 Å². The van der Waals surface area contributed by atoms with Gasteiger partial charge in [-0.2, -0.15) is 13.2 Å². The Morgan fingerprint density at radius 1 is 1.31 bits per heavy atom. The first-order chi connectivity index (χ1) is 7.23. The fraction of sp³-hybridized carbons (Fsp3) is 0.250. The van der Waals surface area contributed by atoms with Crippen molar-refractivity contribution in [2.45, 2.75) is 12.6 Å². The molecule has 0 spiro atoms. The third-order valence-corrected chi connectivity index (χ3v) is 1.65. The van der Waals surface area contributed by atoms with Crippen molar-refractivity contribution >= 4 is 5.97 Å². The molecule has 1 aromatic heterocycles. The van der Waals surface area contributed by atoms with Crippen LogP contribution in [0.5, 0.6) is 0 Å². The number of halogens is 5. The molecule has 16 heavy (non-hydrogen) atoms. The van der Waals surface area contributed by atoms with Gasteiger partial charge in [-0.15, -0.1) is 0 Å². The lowest BCUT2D eigenvalue weighted by Crippen LogP contribution is -2.13. The molecule has 0 saturated heterocycles. The minimum Gasteiger partial charge on any atom is -0.478 e. The molecule has 1 rings (SSSR count). The van der Waals surface area contributed by atoms with Gasteiger partial charge >= 0.3 is 12.1 Å². The summed E-state index contributed by atoms with van der Waals surface area (Å²) < 4.78 is 60.9. The Hall–Kier alpha value is -1.73. The minimum atomic E-state index is -4.89. The maximum absolute atomic E-state index is 12.3. The molecule has 1 aromatic rings. The molecule has 1 heterocycles. The molecule has 88 valence electrons. The zero-order valence-corrected chi connectivity index (χ0v) is 7.42. The molecule has 0 aliphatic rings. The van der Waals surface area contributed by atoms with Crippen LogP contribution in [-0.2, 0) is 6.18 Å². The molecule has 1 N–H and O–H groups in total. The summed E-state index contributed by atoms with van der Waals surface area (Å²) in [5, 5.41) is 8.45. The van der Waals surface area contributed by atoms with E-state index in [1.54, 1.807) is 0 Å². The summed E-state index contributed by atoms with van der Waals surface area (Å²) in [5.41, 5.74) is -3.88. The van der Waals surface area contributed by atoms with Crippen molar-refractivity contribution < 1.29 is 31.9 Å². The number of hydrogen-bond donors (Lipinski definition) is 1. The summed E-state index contributed by atoms with van der Waals surface area (Å²) in [4.78, 5) is 13.0. The molecule has 0 fully saturated rings. The first kappa shape index (κ1) is 12.3. The first-order valence-corrected chi connectivity index (χ1v) is 3.83. The van der Waals surface area contributed by atoms with E-state index in [0.29, 0.717) is 12.1 Å². The second kappa shape index (κ2) is 4.03. The fourth-order valence-electron chi connectivity index (χ4n) is 0.980. The van der Waals surface area contributed by atoms with E-state index in [2.05, 4.69) is 4.98 Å². The molecule has 0 saturated carbocycles. The number of rotatable bonds is 2. The first-order valence-electron chi connectivity index (χ1n) is 3.83. The number of carboxylic acids is 1. The standard InChI is InChI=1S/C8H4F5NO2/c9-6(10)5-3(7(15)16)1-2-4(14-5)8(11,12)13/h1-2,6H,(H,15,16). The smallest absolute Gasteiger partial charge is 0.433 e. The van der Waals surface area contributed by atoms with Gasteiger partial charge in [0.25, 0.3) is 6.43 Å². The molecule has 8 heteroatoms. The molecular weight excluding hydrogens is 237 g/mol. The highest BCUT2D eigenvalue weighted by Crippen LogP contribution is 2.30. The third kappa shape index (κ3) is 2.44. The van der Waals surface area contributed by atoms with Gasteiger partial charge in [0, 0.05) is 0 Å². The Morgan fingerprint density at radius 2 is 1.88 bits per heavy atom. The highest BCUT2D eigenvalue weighted by molar-refractivity contribution is 5.88. The molecule has 0 aliphatic carbocycles. The number of aromatic nitrogens is 1. The summed E-state index contributed by atoms with van der Waals surface area (Å²) in [6.45, 7) is 0. The molecule has 0 aromatic carbocycles. The number of alkyl halides is 5. The van der Waals surface area contributed by atoms with E-state index < -0.39 is 35.5 Å². The molecule has 0 radical (unpaired) electrons. The predicted octanol–water partition coefficient (Wildman–Crippen LogP) is 2.74. The number of hydrogen-bond acceptors (Lipinski definition) is 2. The Balaban J connectivity index is 3.34. The van der Waals surface area contributed by atoms with Crippen molar-refractivity contribution in [1.29, 1.82) is 0 Å². The van der Waals surface area contributed by atoms with E-state index in [1.165, 1.54) is 0 Å². The van der Waals surface area contributed by atoms with E-state index in [9.17, 15) is 26.7 Å². The van der Waals surface area contributed by atoms with Crippen LogP contribution in [-0.4, -0.2) is 16.1 Å². The van der Waals surface area contributed by atoms with Crippen LogP contribution in [0.3, 0.4) is 0 Å². The van der Waals surface area contributed by atoms with Crippen LogP contribution in [0.25, 0.3) is 0 Å². The van der Waals surface area contributed by atoms with Gasteiger partial charge in [0.05, 0.1) is 5.56 Å². The van der Waals surface area contributed by atoms with Gasteiger partial charge in [-0.1, -0.05) is 0 Å². The number of nitrogens with zero attached hydrogens (tertiary/aromatic N) is 1. The van der Waals surface area contributed by atoms with Crippen LogP contribution in [0.4, 0.5) is 22.0 Å². The maximum atomic E-state index is 12.3. The van der Waals surface area contributed by atoms with Crippen LogP contribution in [0.1, 0.15) is 28.2 Å². The van der Waals surface area contributed by atoms with E-state index in [-0.39, 0.29) is 0 Å². The molecular formula is C8H4F5NO2. The lowest BCUT2D eigenvalue weighted by molar-refractivity contribution is -0.141. The van der Waals surface area contributed by atoms with Crippen molar-refractivity contribution in [3.05, 3.63) is 29.1 Å². The van der Waals surface area contributed by atoms with E-state index in [1.807, 2.05) is 0 Å². The second-order valence-electron chi connectivity index (χ2n) is 2.73. The highest BCUT2D eigenvalue weighted by Gasteiger charge is 2.34. The van der Waals surface area contributed by atoms with Crippen LogP contribution in [0.2, 0.25) is 0 Å². The van der Waals surface area contributed by atoms with Crippen molar-refractivity contribution in [3.63, 3.8) is 0 Å². The summed E-state index contributed by atoms with van der Waals surface area (Å²) in [6, 6.07) is 0.801. The number of carbonyl (C=O) groups is 1. The average Bonchev–Trinajstić information content (AvgIpc) is 2.15. The number of pyridine rings is 1. The molecule has 3 nitrogen and oxygen atoms in total. The van der Waals surface area contributed by atoms with Gasteiger partial charge in [0.2, 0.25) is 0 Å². The zero-order valence-electron chi connectivity index (χ0n) is 7.42. The number of carboxylic acid groups (broad SMARTS) is 1. The van der Waals surface area contributed by atoms with Gasteiger partial charge in [-0.3, -0.25) is 0 Å². The Kier molecular flexibility index (Phi) is 3.11. The van der Waals surface area contributed by atoms with E-state index >= 15 is 0 Å². The Morgan fingerprint density at radius 3 is 2.25 bits per heavy atom. The maximum Gasteiger partial charge on any atom is 0.433 e. The molecule has 0 amide bonds. The second-order valence-corrected chi connectivity index (χ2v) is 2.73. The topological polar surface area (TPSA) is 50.2 Å². The van der Waals surface area contributed by atoms with Gasteiger partial charge in [-0.05, 0) is 12.1 Å². The van der Waals surface area contributed by atoms with Gasteiger partial charge in [0.15, 0.2) is 0 Å². The predicted molar refractivity (Wildman–Crippen MR) is 41.2 cm³/mol. The van der Waals surface area contributed by atoms with E-state index in [4.69, 9.17) is 5.11 Å². The normalized spacial score (nSPS) is 11.9. The van der Waals surface area contributed by atoms with Crippen molar-refractivity contribution in [1.82, 2.24) is 4.98 Å². The lowest BCUT2D eigenvalue weighted by Gasteiger charge is -2.09. The van der Waals surface area contributed by atoms with Gasteiger partial charge in [-0.25, -0.2) is 18.6 Å². The zero-order chi connectivity index (χ0) is 12.5.